The van der Waals surface area contributed by atoms with E-state index in [0.29, 0.717) is 0 Å². The number of hydrogen-bond acceptors (Lipinski definition) is 4. The van der Waals surface area contributed by atoms with Crippen molar-refractivity contribution in [3.8, 4) is 11.1 Å². The van der Waals surface area contributed by atoms with Gasteiger partial charge < -0.3 is 20.1 Å². The highest BCUT2D eigenvalue weighted by Gasteiger charge is 2.37. The Morgan fingerprint density at radius 1 is 1.03 bits per heavy atom. The number of benzene rings is 2. The first-order valence-electron chi connectivity index (χ1n) is 10.8. The molecular formula is C25H30N2O5. The second-order valence-corrected chi connectivity index (χ2v) is 9.02. The minimum atomic E-state index is -1.10. The fourth-order valence-electron chi connectivity index (χ4n) is 4.10. The molecule has 2 amide bonds. The van der Waals surface area contributed by atoms with Gasteiger partial charge >= 0.3 is 12.1 Å². The third kappa shape index (κ3) is 4.93. The van der Waals surface area contributed by atoms with Gasteiger partial charge in [-0.2, -0.15) is 0 Å². The predicted molar refractivity (Wildman–Crippen MR) is 121 cm³/mol. The molecule has 0 spiro atoms. The van der Waals surface area contributed by atoms with Crippen LogP contribution in [0, 0.1) is 5.41 Å². The highest BCUT2D eigenvalue weighted by Crippen LogP contribution is 2.44. The van der Waals surface area contributed by atoms with Crippen LogP contribution in [-0.2, 0) is 14.3 Å². The summed E-state index contributed by atoms with van der Waals surface area (Å²) in [4.78, 5) is 38.0. The van der Waals surface area contributed by atoms with E-state index in [1.165, 1.54) is 4.90 Å². The van der Waals surface area contributed by atoms with Crippen LogP contribution in [0.3, 0.4) is 0 Å². The first kappa shape index (κ1) is 23.3. The highest BCUT2D eigenvalue weighted by atomic mass is 16.5. The fraction of sp³-hybridized carbons (Fsp3) is 0.400. The minimum absolute atomic E-state index is 0.0870. The lowest BCUT2D eigenvalue weighted by Gasteiger charge is -2.33. The Morgan fingerprint density at radius 2 is 1.56 bits per heavy atom. The molecule has 0 aromatic heterocycles. The highest BCUT2D eigenvalue weighted by molar-refractivity contribution is 5.88. The summed E-state index contributed by atoms with van der Waals surface area (Å²) in [6.07, 6.45) is -0.702. The van der Waals surface area contributed by atoms with Gasteiger partial charge in [-0.3, -0.25) is 9.59 Å². The monoisotopic (exact) mass is 438 g/mol. The number of carbonyl (C=O) groups excluding carboxylic acids is 2. The number of nitrogens with one attached hydrogen (secondary N) is 1. The number of rotatable bonds is 7. The van der Waals surface area contributed by atoms with Crippen molar-refractivity contribution in [3.63, 3.8) is 0 Å². The van der Waals surface area contributed by atoms with Crippen LogP contribution >= 0.6 is 0 Å². The molecular weight excluding hydrogens is 408 g/mol. The van der Waals surface area contributed by atoms with E-state index in [-0.39, 0.29) is 19.1 Å². The van der Waals surface area contributed by atoms with Crippen LogP contribution in [0.5, 0.6) is 0 Å². The van der Waals surface area contributed by atoms with E-state index in [4.69, 9.17) is 9.84 Å². The number of amides is 2. The van der Waals surface area contributed by atoms with Crippen LogP contribution in [0.2, 0.25) is 0 Å². The smallest absolute Gasteiger partial charge is 0.407 e. The van der Waals surface area contributed by atoms with E-state index in [0.717, 1.165) is 22.3 Å². The van der Waals surface area contributed by atoms with E-state index >= 15 is 0 Å². The van der Waals surface area contributed by atoms with Crippen molar-refractivity contribution in [1.82, 2.24) is 10.2 Å². The molecule has 0 saturated heterocycles. The van der Waals surface area contributed by atoms with Gasteiger partial charge in [-0.1, -0.05) is 69.3 Å². The van der Waals surface area contributed by atoms with Crippen molar-refractivity contribution in [2.24, 2.45) is 5.41 Å². The van der Waals surface area contributed by atoms with E-state index in [9.17, 15) is 14.4 Å². The van der Waals surface area contributed by atoms with Gasteiger partial charge in [-0.25, -0.2) is 4.79 Å². The summed E-state index contributed by atoms with van der Waals surface area (Å²) in [5.41, 5.74) is 3.83. The Balaban J connectivity index is 1.72. The van der Waals surface area contributed by atoms with Crippen molar-refractivity contribution in [2.45, 2.75) is 39.7 Å². The van der Waals surface area contributed by atoms with Gasteiger partial charge in [0.05, 0.1) is 0 Å². The number of carboxylic acids is 1. The Morgan fingerprint density at radius 3 is 2.03 bits per heavy atom. The number of nitrogens with zero attached hydrogens (tertiary/aromatic N) is 1. The first-order valence-corrected chi connectivity index (χ1v) is 10.8. The molecule has 0 bridgehead atoms. The number of alkyl carbamates (subject to hydrolysis) is 1. The molecule has 0 unspecified atom stereocenters. The summed E-state index contributed by atoms with van der Waals surface area (Å²) < 4.78 is 5.57. The Bertz CT molecular complexity index is 966. The quantitative estimate of drug-likeness (QED) is 0.684. The van der Waals surface area contributed by atoms with Crippen LogP contribution in [0.4, 0.5) is 4.79 Å². The second kappa shape index (κ2) is 9.42. The molecule has 0 radical (unpaired) electrons. The maximum absolute atomic E-state index is 13.0. The number of carbonyl (C=O) groups is 3. The molecule has 1 aliphatic carbocycles. The second-order valence-electron chi connectivity index (χ2n) is 9.02. The summed E-state index contributed by atoms with van der Waals surface area (Å²) >= 11 is 0. The van der Waals surface area contributed by atoms with Crippen LogP contribution in [0.25, 0.3) is 11.1 Å². The van der Waals surface area contributed by atoms with Crippen LogP contribution in [-0.4, -0.2) is 53.7 Å². The van der Waals surface area contributed by atoms with Crippen molar-refractivity contribution in [2.75, 3.05) is 19.7 Å². The SMILES string of the molecule is CCN(CC(=O)O)C(=O)[C@@H](NC(=O)OCC1c2ccccc2-c2ccccc21)C(C)(C)C. The Labute approximate surface area is 188 Å². The molecule has 32 heavy (non-hydrogen) atoms. The summed E-state index contributed by atoms with van der Waals surface area (Å²) in [5.74, 6) is -1.64. The fourth-order valence-corrected chi connectivity index (χ4v) is 4.10. The van der Waals surface area contributed by atoms with Gasteiger partial charge in [-0.15, -0.1) is 0 Å². The number of carboxylic acid groups (broad SMARTS) is 1. The van der Waals surface area contributed by atoms with E-state index in [1.807, 2.05) is 57.2 Å². The van der Waals surface area contributed by atoms with Gasteiger partial charge in [-0.05, 0) is 34.6 Å². The molecule has 0 aliphatic heterocycles. The number of ether oxygens (including phenoxy) is 1. The number of likely N-dealkylation sites (N-methyl/N-ethyl adjacent to an activating group) is 1. The van der Waals surface area contributed by atoms with Crippen LogP contribution in [0.15, 0.2) is 48.5 Å². The molecule has 2 aromatic rings. The zero-order chi connectivity index (χ0) is 23.5. The standard InChI is InChI=1S/C25H30N2O5/c1-5-27(14-21(28)29)23(30)22(25(2,3)4)26-24(31)32-15-20-18-12-8-6-10-16(18)17-11-7-9-13-19(17)20/h6-13,20,22H,5,14-15H2,1-4H3,(H,26,31)(H,28,29)/t22-/m1/s1. The van der Waals surface area contributed by atoms with Gasteiger partial charge in [0.25, 0.3) is 0 Å². The van der Waals surface area contributed by atoms with Gasteiger partial charge in [0, 0.05) is 12.5 Å². The summed E-state index contributed by atoms with van der Waals surface area (Å²) in [5, 5.41) is 11.8. The molecule has 7 nitrogen and oxygen atoms in total. The summed E-state index contributed by atoms with van der Waals surface area (Å²) in [7, 11) is 0. The van der Waals surface area contributed by atoms with E-state index in [1.54, 1.807) is 6.92 Å². The number of aliphatic carboxylic acids is 1. The number of hydrogen-bond donors (Lipinski definition) is 2. The zero-order valence-electron chi connectivity index (χ0n) is 18.9. The molecule has 1 atom stereocenters. The Kier molecular flexibility index (Phi) is 6.87. The molecule has 0 fully saturated rings. The molecule has 1 aliphatic rings. The summed E-state index contributed by atoms with van der Waals surface area (Å²) in [6, 6.07) is 15.2. The van der Waals surface area contributed by atoms with Crippen molar-refractivity contribution in [3.05, 3.63) is 59.7 Å². The zero-order valence-corrected chi connectivity index (χ0v) is 18.9. The topological polar surface area (TPSA) is 95.9 Å². The minimum Gasteiger partial charge on any atom is -0.480 e. The first-order chi connectivity index (χ1) is 15.1. The van der Waals surface area contributed by atoms with Crippen LogP contribution in [0.1, 0.15) is 44.7 Å². The van der Waals surface area contributed by atoms with Crippen LogP contribution < -0.4 is 5.32 Å². The predicted octanol–water partition coefficient (Wildman–Crippen LogP) is 3.87. The molecule has 170 valence electrons. The third-order valence-electron chi connectivity index (χ3n) is 5.74. The largest absolute Gasteiger partial charge is 0.480 e. The maximum Gasteiger partial charge on any atom is 0.407 e. The number of fused-ring (bicyclic) bond motifs is 3. The normalized spacial score (nSPS) is 13.6. The molecule has 2 N–H and O–H groups in total. The lowest BCUT2D eigenvalue weighted by molar-refractivity contribution is -0.146. The Hall–Kier alpha value is -3.35. The van der Waals surface area contributed by atoms with Gasteiger partial charge in [0.1, 0.15) is 19.2 Å². The summed E-state index contributed by atoms with van der Waals surface area (Å²) in [6.45, 7) is 7.08. The van der Waals surface area contributed by atoms with E-state index < -0.39 is 36.0 Å². The average Bonchev–Trinajstić information content (AvgIpc) is 3.07. The van der Waals surface area contributed by atoms with E-state index in [2.05, 4.69) is 17.4 Å². The van der Waals surface area contributed by atoms with Crippen molar-refractivity contribution < 1.29 is 24.2 Å². The third-order valence-corrected chi connectivity index (χ3v) is 5.74. The van der Waals surface area contributed by atoms with Crippen molar-refractivity contribution >= 4 is 18.0 Å². The van der Waals surface area contributed by atoms with Crippen molar-refractivity contribution in [1.29, 1.82) is 0 Å². The van der Waals surface area contributed by atoms with Gasteiger partial charge in [0.2, 0.25) is 5.91 Å². The molecule has 7 heteroatoms. The van der Waals surface area contributed by atoms with Gasteiger partial charge in [0.15, 0.2) is 0 Å². The lowest BCUT2D eigenvalue weighted by Crippen LogP contribution is -2.55. The molecule has 2 aromatic carbocycles. The maximum atomic E-state index is 13.0. The lowest BCUT2D eigenvalue weighted by atomic mass is 9.86. The average molecular weight is 439 g/mol. The molecule has 0 heterocycles. The molecule has 0 saturated carbocycles. The molecule has 3 rings (SSSR count).